The van der Waals surface area contributed by atoms with Crippen LogP contribution in [-0.2, 0) is 4.39 Å². The zero-order valence-corrected chi connectivity index (χ0v) is 14.1. The first-order valence-corrected chi connectivity index (χ1v) is 8.84. The van der Waals surface area contributed by atoms with Gasteiger partial charge in [0.2, 0.25) is 5.70 Å². The van der Waals surface area contributed by atoms with Crippen LogP contribution in [-0.4, -0.2) is 0 Å². The van der Waals surface area contributed by atoms with Crippen molar-refractivity contribution >= 4 is 22.3 Å². The van der Waals surface area contributed by atoms with Crippen LogP contribution in [0.4, 0.5) is 5.82 Å². The Morgan fingerprint density at radius 3 is 2.38 bits per heavy atom. The monoisotopic (exact) mass is 373 g/mol. The largest absolute Gasteiger partial charge is 0.379 e. The molecule has 0 fully saturated rings. The Hall–Kier alpha value is -2.88. The summed E-state index contributed by atoms with van der Waals surface area (Å²) in [7, 11) is -4.75. The van der Waals surface area contributed by atoms with Gasteiger partial charge in [0.05, 0.1) is 10.4 Å². The normalized spacial score (nSPS) is 14.3. The molecular formula is C17H14ClN4O4+. The summed E-state index contributed by atoms with van der Waals surface area (Å²) in [6, 6.07) is 17.9. The van der Waals surface area contributed by atoms with Gasteiger partial charge in [0.1, 0.15) is 16.4 Å². The minimum Gasteiger partial charge on any atom is -0.379 e. The Labute approximate surface area is 150 Å². The van der Waals surface area contributed by atoms with Gasteiger partial charge in [0, 0.05) is 5.56 Å². The lowest BCUT2D eigenvalue weighted by molar-refractivity contribution is -1.92. The zero-order valence-electron chi connectivity index (χ0n) is 13.3. The van der Waals surface area contributed by atoms with E-state index in [4.69, 9.17) is 10.1 Å². The topological polar surface area (TPSA) is 124 Å². The van der Waals surface area contributed by atoms with Gasteiger partial charge in [-0.3, -0.25) is 0 Å². The maximum absolute atomic E-state index is 11.4. The fourth-order valence-electron chi connectivity index (χ4n) is 2.92. The summed E-state index contributed by atoms with van der Waals surface area (Å²) in [5.41, 5.74) is 9.87. The third kappa shape index (κ3) is 2.92. The van der Waals surface area contributed by atoms with E-state index in [0.717, 1.165) is 10.4 Å². The third-order valence-electron chi connectivity index (χ3n) is 3.93. The first-order chi connectivity index (χ1) is 12.4. The van der Waals surface area contributed by atoms with Crippen molar-refractivity contribution in [2.75, 3.05) is 10.5 Å². The number of benzene rings is 2. The lowest BCUT2D eigenvalue weighted by Gasteiger charge is -2.23. The number of rotatable bonds is 3. The highest BCUT2D eigenvalue weighted by Gasteiger charge is 2.46. The van der Waals surface area contributed by atoms with Gasteiger partial charge < -0.3 is 5.73 Å². The molecule has 4 rings (SSSR count). The van der Waals surface area contributed by atoms with Crippen LogP contribution >= 0.6 is 0 Å². The molecule has 0 spiro atoms. The standard InChI is InChI=1S/C17H14ClN4O4/c19-16-15(13-7-2-1-3-8-13)22(26-18(23,24)25)17-14-9-5-4-6-12(14)10-11-21(17)20-16/h1-11,20H,19H2/q+1. The quantitative estimate of drug-likeness (QED) is 0.541. The summed E-state index contributed by atoms with van der Waals surface area (Å²) in [5.74, 6) is 0.436. The molecule has 2 heterocycles. The molecule has 132 valence electrons. The number of hydroxylamine groups is 1. The molecule has 3 N–H and O–H groups in total. The molecule has 2 aromatic carbocycles. The van der Waals surface area contributed by atoms with Crippen LogP contribution in [0.1, 0.15) is 5.56 Å². The van der Waals surface area contributed by atoms with Gasteiger partial charge in [-0.1, -0.05) is 48.5 Å². The first-order valence-electron chi connectivity index (χ1n) is 7.60. The van der Waals surface area contributed by atoms with Crippen molar-refractivity contribution in [3.8, 4) is 0 Å². The van der Waals surface area contributed by atoms with Crippen LogP contribution in [0.5, 0.6) is 0 Å². The summed E-state index contributed by atoms with van der Waals surface area (Å²) in [4.78, 5) is 0. The van der Waals surface area contributed by atoms with E-state index in [1.54, 1.807) is 42.6 Å². The molecule has 0 saturated heterocycles. The Bertz CT molecular complexity index is 1000. The molecule has 0 saturated carbocycles. The maximum atomic E-state index is 11.4. The van der Waals surface area contributed by atoms with Crippen LogP contribution in [0.15, 0.2) is 72.7 Å². The molecule has 3 aromatic rings. The fraction of sp³-hybridized carbons (Fsp3) is 0. The van der Waals surface area contributed by atoms with Crippen molar-refractivity contribution in [3.05, 3.63) is 78.2 Å². The van der Waals surface area contributed by atoms with E-state index in [0.29, 0.717) is 16.8 Å². The van der Waals surface area contributed by atoms with E-state index in [1.165, 1.54) is 4.68 Å². The predicted octanol–water partition coefficient (Wildman–Crippen LogP) is -1.40. The van der Waals surface area contributed by atoms with Gasteiger partial charge in [-0.05, 0) is 17.5 Å². The van der Waals surface area contributed by atoms with Crippen molar-refractivity contribution in [3.63, 3.8) is 0 Å². The molecule has 0 atom stereocenters. The number of nitrogens with one attached hydrogen (secondary N) is 1. The van der Waals surface area contributed by atoms with E-state index in [-0.39, 0.29) is 11.5 Å². The van der Waals surface area contributed by atoms with Gasteiger partial charge in [-0.15, -0.1) is 4.68 Å². The third-order valence-corrected chi connectivity index (χ3v) is 4.23. The number of anilines is 1. The number of nitrogens with zero attached hydrogens (tertiary/aromatic N) is 2. The zero-order chi connectivity index (χ0) is 18.3. The molecule has 0 amide bonds. The van der Waals surface area contributed by atoms with E-state index in [1.807, 2.05) is 24.3 Å². The highest BCUT2D eigenvalue weighted by atomic mass is 35.7. The van der Waals surface area contributed by atoms with Crippen LogP contribution < -0.4 is 34.9 Å². The van der Waals surface area contributed by atoms with Crippen molar-refractivity contribution in [1.29, 1.82) is 0 Å². The second-order valence-corrected chi connectivity index (χ2v) is 6.47. The molecule has 8 nitrogen and oxygen atoms in total. The predicted molar refractivity (Wildman–Crippen MR) is 84.6 cm³/mol. The van der Waals surface area contributed by atoms with E-state index < -0.39 is 10.2 Å². The Kier molecular flexibility index (Phi) is 3.91. The molecule has 1 aliphatic rings. The molecular weight excluding hydrogens is 360 g/mol. The summed E-state index contributed by atoms with van der Waals surface area (Å²) < 4.78 is 40.4. The summed E-state index contributed by atoms with van der Waals surface area (Å²) in [6.45, 7) is 0. The van der Waals surface area contributed by atoms with Gasteiger partial charge in [0.15, 0.2) is 5.82 Å². The van der Waals surface area contributed by atoms with Crippen LogP contribution in [0.2, 0.25) is 0 Å². The van der Waals surface area contributed by atoms with E-state index >= 15 is 0 Å². The molecule has 9 heteroatoms. The number of fused-ring (bicyclic) bond motifs is 3. The van der Waals surface area contributed by atoms with Crippen LogP contribution in [0.25, 0.3) is 16.5 Å². The van der Waals surface area contributed by atoms with Gasteiger partial charge in [-0.25, -0.2) is 5.43 Å². The summed E-state index contributed by atoms with van der Waals surface area (Å²) in [6.07, 6.45) is 1.66. The highest BCUT2D eigenvalue weighted by Crippen LogP contribution is 2.33. The number of hydrogen-bond acceptors (Lipinski definition) is 7. The molecule has 0 unspecified atom stereocenters. The summed E-state index contributed by atoms with van der Waals surface area (Å²) >= 11 is 0. The first kappa shape index (κ1) is 16.6. The minimum atomic E-state index is -4.75. The highest BCUT2D eigenvalue weighted by molar-refractivity contribution is 5.94. The molecule has 1 aromatic heterocycles. The number of halogens is 1. The lowest BCUT2D eigenvalue weighted by atomic mass is 10.1. The van der Waals surface area contributed by atoms with Crippen molar-refractivity contribution in [2.45, 2.75) is 0 Å². The Balaban J connectivity index is 1.98. The molecule has 0 aliphatic carbocycles. The van der Waals surface area contributed by atoms with Gasteiger partial charge in [0.25, 0.3) is 4.39 Å². The molecule has 0 radical (unpaired) electrons. The van der Waals surface area contributed by atoms with E-state index in [9.17, 15) is 14.0 Å². The lowest BCUT2D eigenvalue weighted by Crippen LogP contribution is -2.65. The second-order valence-electron chi connectivity index (χ2n) is 5.58. The molecule has 26 heavy (non-hydrogen) atoms. The SMILES string of the molecule is NC1=C(c2ccccc2)N(O[Cl+3]([O-])([O-])[O-])c2c3ccccc3cc[n+]2N1. The van der Waals surface area contributed by atoms with Crippen LogP contribution in [0.3, 0.4) is 0 Å². The number of nitrogens with two attached hydrogens (primary N) is 1. The minimum absolute atomic E-state index is 0.128. The fourth-order valence-corrected chi connectivity index (χ4v) is 3.22. The Morgan fingerprint density at radius 2 is 1.65 bits per heavy atom. The second kappa shape index (κ2) is 6.13. The van der Waals surface area contributed by atoms with E-state index in [2.05, 4.69) is 5.43 Å². The summed E-state index contributed by atoms with van der Waals surface area (Å²) in [5, 5.41) is 2.44. The number of aromatic nitrogens is 1. The average molecular weight is 374 g/mol. The van der Waals surface area contributed by atoms with Crippen LogP contribution in [0, 0.1) is 10.2 Å². The van der Waals surface area contributed by atoms with Gasteiger partial charge >= 0.3 is 5.82 Å². The number of hydrogen-bond donors (Lipinski definition) is 2. The van der Waals surface area contributed by atoms with Crippen molar-refractivity contribution in [2.24, 2.45) is 5.73 Å². The molecule has 1 aliphatic heterocycles. The maximum Gasteiger partial charge on any atom is 0.359 e. The average Bonchev–Trinajstić information content (AvgIpc) is 2.60. The smallest absolute Gasteiger partial charge is 0.359 e. The van der Waals surface area contributed by atoms with Gasteiger partial charge in [-0.2, -0.15) is 14.0 Å². The van der Waals surface area contributed by atoms with Crippen molar-refractivity contribution in [1.82, 2.24) is 0 Å². The van der Waals surface area contributed by atoms with Crippen molar-refractivity contribution < 1.29 is 33.3 Å². The Morgan fingerprint density at radius 1 is 0.962 bits per heavy atom. The number of pyridine rings is 1. The molecule has 0 bridgehead atoms.